The van der Waals surface area contributed by atoms with Crippen molar-refractivity contribution in [3.63, 3.8) is 0 Å². The van der Waals surface area contributed by atoms with Crippen LogP contribution in [-0.4, -0.2) is 46.6 Å². The standard InChI is InChI=1S/C16H27NO4/c1-5-13(2)17-9-10-20-11-12-21-16-14(18-3)7-6-8-15(16)19-4/h6-8,13,17H,5,9-12H2,1-4H3/p+1/t13-/m1/s1. The van der Waals surface area contributed by atoms with Gasteiger partial charge in [0.05, 0.1) is 40.0 Å². The summed E-state index contributed by atoms with van der Waals surface area (Å²) in [5.74, 6) is 1.95. The summed E-state index contributed by atoms with van der Waals surface area (Å²) in [5.41, 5.74) is 0. The Balaban J connectivity index is 2.26. The zero-order valence-electron chi connectivity index (χ0n) is 13.6. The van der Waals surface area contributed by atoms with Crippen molar-refractivity contribution in [2.24, 2.45) is 0 Å². The fourth-order valence-electron chi connectivity index (χ4n) is 1.87. The van der Waals surface area contributed by atoms with E-state index < -0.39 is 0 Å². The Bertz CT molecular complexity index is 376. The first-order valence-electron chi connectivity index (χ1n) is 7.47. The molecular formula is C16H28NO4+. The summed E-state index contributed by atoms with van der Waals surface area (Å²) in [4.78, 5) is 0. The van der Waals surface area contributed by atoms with Gasteiger partial charge in [-0.15, -0.1) is 0 Å². The molecule has 120 valence electrons. The quantitative estimate of drug-likeness (QED) is 0.629. The second-order valence-corrected chi connectivity index (χ2v) is 4.86. The highest BCUT2D eigenvalue weighted by atomic mass is 16.6. The van der Waals surface area contributed by atoms with Crippen molar-refractivity contribution >= 4 is 0 Å². The molecule has 0 aliphatic heterocycles. The number of benzene rings is 1. The minimum atomic E-state index is 0.472. The maximum atomic E-state index is 5.71. The van der Waals surface area contributed by atoms with Gasteiger partial charge in [-0.1, -0.05) is 13.0 Å². The Hall–Kier alpha value is -1.46. The van der Waals surface area contributed by atoms with E-state index in [1.54, 1.807) is 14.2 Å². The van der Waals surface area contributed by atoms with Crippen LogP contribution in [0.15, 0.2) is 18.2 Å². The zero-order valence-corrected chi connectivity index (χ0v) is 13.6. The lowest BCUT2D eigenvalue weighted by molar-refractivity contribution is -0.687. The Morgan fingerprint density at radius 2 is 1.71 bits per heavy atom. The molecule has 0 aromatic heterocycles. The Labute approximate surface area is 127 Å². The third-order valence-electron chi connectivity index (χ3n) is 3.33. The van der Waals surface area contributed by atoms with Gasteiger partial charge in [-0.2, -0.15) is 0 Å². The topological polar surface area (TPSA) is 53.5 Å². The molecule has 5 heteroatoms. The van der Waals surface area contributed by atoms with Crippen molar-refractivity contribution in [1.82, 2.24) is 0 Å². The van der Waals surface area contributed by atoms with Crippen LogP contribution >= 0.6 is 0 Å². The predicted molar refractivity (Wildman–Crippen MR) is 82.4 cm³/mol. The number of quaternary nitrogens is 1. The molecule has 1 aromatic rings. The molecular weight excluding hydrogens is 270 g/mol. The molecule has 1 rings (SSSR count). The van der Waals surface area contributed by atoms with Crippen molar-refractivity contribution in [2.45, 2.75) is 26.3 Å². The molecule has 0 spiro atoms. The molecule has 1 aromatic carbocycles. The number of hydrogen-bond acceptors (Lipinski definition) is 4. The smallest absolute Gasteiger partial charge is 0.203 e. The maximum Gasteiger partial charge on any atom is 0.203 e. The highest BCUT2D eigenvalue weighted by Crippen LogP contribution is 2.36. The minimum Gasteiger partial charge on any atom is -0.493 e. The van der Waals surface area contributed by atoms with Gasteiger partial charge >= 0.3 is 0 Å². The highest BCUT2D eigenvalue weighted by Gasteiger charge is 2.10. The third kappa shape index (κ3) is 6.23. The number of para-hydroxylation sites is 1. The van der Waals surface area contributed by atoms with Crippen LogP contribution in [0.25, 0.3) is 0 Å². The average molecular weight is 298 g/mol. The fraction of sp³-hybridized carbons (Fsp3) is 0.625. The molecule has 0 heterocycles. The van der Waals surface area contributed by atoms with Crippen LogP contribution in [0.5, 0.6) is 17.2 Å². The molecule has 0 amide bonds. The summed E-state index contributed by atoms with van der Waals surface area (Å²) >= 11 is 0. The van der Waals surface area contributed by atoms with E-state index in [9.17, 15) is 0 Å². The molecule has 0 saturated carbocycles. The van der Waals surface area contributed by atoms with E-state index >= 15 is 0 Å². The molecule has 0 unspecified atom stereocenters. The first-order valence-corrected chi connectivity index (χ1v) is 7.47. The summed E-state index contributed by atoms with van der Waals surface area (Å²) in [7, 11) is 3.23. The van der Waals surface area contributed by atoms with E-state index in [4.69, 9.17) is 18.9 Å². The first-order chi connectivity index (χ1) is 10.2. The molecule has 0 fully saturated rings. The molecule has 0 radical (unpaired) electrons. The zero-order chi connectivity index (χ0) is 15.5. The van der Waals surface area contributed by atoms with Crippen molar-refractivity contribution < 1.29 is 24.3 Å². The lowest BCUT2D eigenvalue weighted by atomic mass is 10.3. The van der Waals surface area contributed by atoms with E-state index in [1.807, 2.05) is 18.2 Å². The molecule has 2 N–H and O–H groups in total. The molecule has 0 bridgehead atoms. The van der Waals surface area contributed by atoms with Gasteiger partial charge in [-0.25, -0.2) is 0 Å². The molecule has 0 saturated heterocycles. The van der Waals surface area contributed by atoms with Gasteiger partial charge in [0.2, 0.25) is 5.75 Å². The molecule has 1 atom stereocenters. The van der Waals surface area contributed by atoms with Crippen LogP contribution in [-0.2, 0) is 4.74 Å². The van der Waals surface area contributed by atoms with Crippen LogP contribution in [0.4, 0.5) is 0 Å². The number of methoxy groups -OCH3 is 2. The summed E-state index contributed by atoms with van der Waals surface area (Å²) in [6.07, 6.45) is 1.18. The van der Waals surface area contributed by atoms with Crippen LogP contribution in [0.3, 0.4) is 0 Å². The van der Waals surface area contributed by atoms with Crippen molar-refractivity contribution in [3.8, 4) is 17.2 Å². The van der Waals surface area contributed by atoms with E-state index in [2.05, 4.69) is 19.2 Å². The Morgan fingerprint density at radius 1 is 1.05 bits per heavy atom. The SMILES string of the molecule is CC[C@@H](C)[NH2+]CCOCCOc1c(OC)cccc1OC. The molecule has 0 aliphatic rings. The lowest BCUT2D eigenvalue weighted by Gasteiger charge is -2.14. The van der Waals surface area contributed by atoms with Gasteiger partial charge < -0.3 is 24.3 Å². The Kier molecular flexibility index (Phi) is 8.62. The number of ether oxygens (including phenoxy) is 4. The number of hydrogen-bond donors (Lipinski definition) is 1. The second kappa shape index (κ2) is 10.3. The van der Waals surface area contributed by atoms with Gasteiger partial charge in [0.1, 0.15) is 6.61 Å². The van der Waals surface area contributed by atoms with Crippen molar-refractivity contribution in [3.05, 3.63) is 18.2 Å². The average Bonchev–Trinajstić information content (AvgIpc) is 2.53. The highest BCUT2D eigenvalue weighted by molar-refractivity contribution is 5.51. The van der Waals surface area contributed by atoms with E-state index in [0.717, 1.165) is 13.2 Å². The van der Waals surface area contributed by atoms with Crippen molar-refractivity contribution in [2.75, 3.05) is 40.6 Å². The van der Waals surface area contributed by atoms with Gasteiger partial charge in [0.15, 0.2) is 11.5 Å². The van der Waals surface area contributed by atoms with Crippen LogP contribution in [0.2, 0.25) is 0 Å². The minimum absolute atomic E-state index is 0.472. The largest absolute Gasteiger partial charge is 0.493 e. The molecule has 5 nitrogen and oxygen atoms in total. The molecule has 21 heavy (non-hydrogen) atoms. The van der Waals surface area contributed by atoms with Gasteiger partial charge in [0.25, 0.3) is 0 Å². The summed E-state index contributed by atoms with van der Waals surface area (Å²) < 4.78 is 21.8. The normalized spacial score (nSPS) is 12.0. The van der Waals surface area contributed by atoms with Gasteiger partial charge in [-0.3, -0.25) is 0 Å². The van der Waals surface area contributed by atoms with E-state index in [1.165, 1.54) is 6.42 Å². The summed E-state index contributed by atoms with van der Waals surface area (Å²) in [6, 6.07) is 6.22. The second-order valence-electron chi connectivity index (χ2n) is 4.86. The predicted octanol–water partition coefficient (Wildman–Crippen LogP) is 1.46. The fourth-order valence-corrected chi connectivity index (χ4v) is 1.87. The van der Waals surface area contributed by atoms with Gasteiger partial charge in [-0.05, 0) is 25.5 Å². The Morgan fingerprint density at radius 3 is 2.29 bits per heavy atom. The van der Waals surface area contributed by atoms with Crippen LogP contribution in [0, 0.1) is 0 Å². The lowest BCUT2D eigenvalue weighted by Crippen LogP contribution is -2.90. The number of rotatable bonds is 11. The van der Waals surface area contributed by atoms with E-state index in [-0.39, 0.29) is 0 Å². The summed E-state index contributed by atoms with van der Waals surface area (Å²) in [6.45, 7) is 7.15. The molecule has 0 aliphatic carbocycles. The maximum absolute atomic E-state index is 5.71. The summed E-state index contributed by atoms with van der Waals surface area (Å²) in [5, 5.41) is 2.30. The van der Waals surface area contributed by atoms with Crippen LogP contribution in [0.1, 0.15) is 20.3 Å². The number of nitrogens with two attached hydrogens (primary N) is 1. The van der Waals surface area contributed by atoms with Crippen molar-refractivity contribution in [1.29, 1.82) is 0 Å². The first kappa shape index (κ1) is 17.6. The van der Waals surface area contributed by atoms with Gasteiger partial charge in [0, 0.05) is 0 Å². The monoisotopic (exact) mass is 298 g/mol. The van der Waals surface area contributed by atoms with Crippen LogP contribution < -0.4 is 19.5 Å². The third-order valence-corrected chi connectivity index (χ3v) is 3.33. The van der Waals surface area contributed by atoms with E-state index in [0.29, 0.717) is 36.5 Å².